The Labute approximate surface area is 202 Å². The molecule has 0 bridgehead atoms. The predicted molar refractivity (Wildman–Crippen MR) is 134 cm³/mol. The molecule has 6 nitrogen and oxygen atoms in total. The molecule has 4 rings (SSSR count). The molecule has 7 heteroatoms. The average molecular weight is 475 g/mol. The van der Waals surface area contributed by atoms with Crippen LogP contribution in [0.2, 0.25) is 0 Å². The second-order valence-corrected chi connectivity index (χ2v) is 10.0. The molecule has 0 spiro atoms. The van der Waals surface area contributed by atoms with Crippen molar-refractivity contribution in [2.24, 2.45) is 0 Å². The highest BCUT2D eigenvalue weighted by molar-refractivity contribution is 7.15. The number of nitrogens with zero attached hydrogens (tertiary/aromatic N) is 1. The van der Waals surface area contributed by atoms with Crippen LogP contribution in [0, 0.1) is 0 Å². The van der Waals surface area contributed by atoms with Gasteiger partial charge >= 0.3 is 12.1 Å². The van der Waals surface area contributed by atoms with Gasteiger partial charge in [-0.1, -0.05) is 72.8 Å². The molecule has 1 heterocycles. The Morgan fingerprint density at radius 3 is 2.35 bits per heavy atom. The summed E-state index contributed by atoms with van der Waals surface area (Å²) in [5.41, 5.74) is 1.07. The van der Waals surface area contributed by atoms with Gasteiger partial charge in [-0.3, -0.25) is 0 Å². The fourth-order valence-electron chi connectivity index (χ4n) is 3.67. The number of benzene rings is 3. The molecular formula is C27H26N2O4S. The van der Waals surface area contributed by atoms with Gasteiger partial charge in [0.25, 0.3) is 0 Å². The smallest absolute Gasteiger partial charge is 0.408 e. The van der Waals surface area contributed by atoms with Crippen LogP contribution in [0.5, 0.6) is 0 Å². The Morgan fingerprint density at radius 2 is 1.68 bits per heavy atom. The van der Waals surface area contributed by atoms with E-state index in [0.717, 1.165) is 21.9 Å². The number of carbonyl (C=O) groups is 2. The van der Waals surface area contributed by atoms with Crippen molar-refractivity contribution in [1.82, 2.24) is 10.3 Å². The molecule has 0 radical (unpaired) electrons. The number of hydrogen-bond donors (Lipinski definition) is 2. The number of carbonyl (C=O) groups excluding carboxylic acids is 1. The van der Waals surface area contributed by atoms with E-state index in [2.05, 4.69) is 16.4 Å². The zero-order valence-corrected chi connectivity index (χ0v) is 20.1. The number of thiazole rings is 1. The second-order valence-electron chi connectivity index (χ2n) is 8.99. The fraction of sp³-hybridized carbons (Fsp3) is 0.222. The minimum atomic E-state index is -1.11. The highest BCUT2D eigenvalue weighted by Crippen LogP contribution is 2.34. The summed E-state index contributed by atoms with van der Waals surface area (Å²) in [6, 6.07) is 22.9. The maximum Gasteiger partial charge on any atom is 0.408 e. The molecule has 1 unspecified atom stereocenters. The third-order valence-electron chi connectivity index (χ3n) is 5.13. The van der Waals surface area contributed by atoms with Crippen molar-refractivity contribution in [3.8, 4) is 10.4 Å². The third kappa shape index (κ3) is 5.61. The van der Waals surface area contributed by atoms with E-state index < -0.39 is 23.7 Å². The Morgan fingerprint density at radius 1 is 1.00 bits per heavy atom. The van der Waals surface area contributed by atoms with Gasteiger partial charge in [0.05, 0.1) is 10.9 Å². The molecular weight excluding hydrogens is 448 g/mol. The molecule has 0 aliphatic rings. The number of aromatic nitrogens is 1. The molecule has 0 fully saturated rings. The standard InChI is InChI=1S/C27H26N2O4S/c1-27(2,3)33-26(32)28-21(16-17-13-14-18-9-7-8-12-20(18)15-17)24-29-22(25(30)31)23(34-24)19-10-5-4-6-11-19/h4-15,21H,16H2,1-3H3,(H,28,32)(H,30,31). The zero-order valence-electron chi connectivity index (χ0n) is 19.2. The number of carboxylic acids is 1. The lowest BCUT2D eigenvalue weighted by Gasteiger charge is -2.23. The van der Waals surface area contributed by atoms with Crippen LogP contribution in [-0.2, 0) is 11.2 Å². The number of alkyl carbamates (subject to hydrolysis) is 1. The number of ether oxygens (including phenoxy) is 1. The van der Waals surface area contributed by atoms with Gasteiger partial charge in [-0.15, -0.1) is 11.3 Å². The molecule has 0 aliphatic carbocycles. The van der Waals surface area contributed by atoms with Crippen LogP contribution in [0.4, 0.5) is 4.79 Å². The van der Waals surface area contributed by atoms with Crippen LogP contribution in [-0.4, -0.2) is 27.8 Å². The summed E-state index contributed by atoms with van der Waals surface area (Å²) in [5, 5.41) is 15.4. The van der Waals surface area contributed by atoms with E-state index in [9.17, 15) is 14.7 Å². The summed E-state index contributed by atoms with van der Waals surface area (Å²) in [6.07, 6.45) is -0.142. The van der Waals surface area contributed by atoms with Gasteiger partial charge in [0.2, 0.25) is 0 Å². The quantitative estimate of drug-likeness (QED) is 0.334. The zero-order chi connectivity index (χ0) is 24.3. The molecule has 1 aromatic heterocycles. The van der Waals surface area contributed by atoms with Crippen LogP contribution in [0.3, 0.4) is 0 Å². The first-order chi connectivity index (χ1) is 16.2. The summed E-state index contributed by atoms with van der Waals surface area (Å²) in [4.78, 5) is 29.6. The minimum absolute atomic E-state index is 0.0271. The van der Waals surface area contributed by atoms with Crippen molar-refractivity contribution in [2.75, 3.05) is 0 Å². The van der Waals surface area contributed by atoms with Gasteiger partial charge in [0, 0.05) is 0 Å². The number of rotatable bonds is 6. The van der Waals surface area contributed by atoms with Gasteiger partial charge in [-0.05, 0) is 49.1 Å². The van der Waals surface area contributed by atoms with Crippen molar-refractivity contribution in [3.05, 3.63) is 89.1 Å². The average Bonchev–Trinajstić information content (AvgIpc) is 3.24. The maximum atomic E-state index is 12.7. The molecule has 3 aromatic carbocycles. The van der Waals surface area contributed by atoms with Crippen molar-refractivity contribution in [1.29, 1.82) is 0 Å². The first-order valence-corrected chi connectivity index (χ1v) is 11.8. The summed E-state index contributed by atoms with van der Waals surface area (Å²) < 4.78 is 5.48. The Hall–Kier alpha value is -3.71. The van der Waals surface area contributed by atoms with Crippen LogP contribution < -0.4 is 5.32 Å². The number of amides is 1. The van der Waals surface area contributed by atoms with Gasteiger partial charge in [0.15, 0.2) is 5.69 Å². The van der Waals surface area contributed by atoms with Crippen molar-refractivity contribution < 1.29 is 19.4 Å². The molecule has 0 aliphatic heterocycles. The number of carboxylic acid groups (broad SMARTS) is 1. The van der Waals surface area contributed by atoms with E-state index in [-0.39, 0.29) is 5.69 Å². The largest absolute Gasteiger partial charge is 0.476 e. The van der Waals surface area contributed by atoms with Gasteiger partial charge < -0.3 is 15.2 Å². The number of hydrogen-bond acceptors (Lipinski definition) is 5. The molecule has 0 saturated carbocycles. The lowest BCUT2D eigenvalue weighted by molar-refractivity contribution is 0.0503. The summed E-state index contributed by atoms with van der Waals surface area (Å²) >= 11 is 1.27. The lowest BCUT2D eigenvalue weighted by Crippen LogP contribution is -2.35. The molecule has 4 aromatic rings. The Bertz CT molecular complexity index is 1330. The minimum Gasteiger partial charge on any atom is -0.476 e. The maximum absolute atomic E-state index is 12.7. The SMILES string of the molecule is CC(C)(C)OC(=O)NC(Cc1ccc2ccccc2c1)c1nc(C(=O)O)c(-c2ccccc2)s1. The van der Waals surface area contributed by atoms with E-state index in [4.69, 9.17) is 4.74 Å². The lowest BCUT2D eigenvalue weighted by atomic mass is 10.0. The molecule has 2 N–H and O–H groups in total. The first-order valence-electron chi connectivity index (χ1n) is 11.0. The van der Waals surface area contributed by atoms with E-state index in [1.165, 1.54) is 11.3 Å². The van der Waals surface area contributed by atoms with Crippen LogP contribution in [0.1, 0.15) is 47.9 Å². The normalized spacial score (nSPS) is 12.3. The van der Waals surface area contributed by atoms with E-state index in [0.29, 0.717) is 16.3 Å². The molecule has 1 atom stereocenters. The summed E-state index contributed by atoms with van der Waals surface area (Å²) in [7, 11) is 0. The first kappa shape index (κ1) is 23.4. The van der Waals surface area contributed by atoms with Crippen LogP contribution in [0.15, 0.2) is 72.8 Å². The molecule has 0 saturated heterocycles. The van der Waals surface area contributed by atoms with Crippen molar-refractivity contribution in [2.45, 2.75) is 38.8 Å². The molecule has 1 amide bonds. The Kier molecular flexibility index (Phi) is 6.65. The second kappa shape index (κ2) is 9.65. The highest BCUT2D eigenvalue weighted by Gasteiger charge is 2.27. The van der Waals surface area contributed by atoms with Gasteiger partial charge in [-0.25, -0.2) is 14.6 Å². The van der Waals surface area contributed by atoms with Crippen LogP contribution >= 0.6 is 11.3 Å². The highest BCUT2D eigenvalue weighted by atomic mass is 32.1. The van der Waals surface area contributed by atoms with E-state index in [1.54, 1.807) is 20.8 Å². The molecule has 34 heavy (non-hydrogen) atoms. The number of fused-ring (bicyclic) bond motifs is 1. The fourth-order valence-corrected chi connectivity index (χ4v) is 4.78. The molecule has 174 valence electrons. The number of nitrogens with one attached hydrogen (secondary N) is 1. The summed E-state index contributed by atoms with van der Waals surface area (Å²) in [5.74, 6) is -1.11. The number of aromatic carboxylic acids is 1. The van der Waals surface area contributed by atoms with E-state index in [1.807, 2.05) is 66.7 Å². The van der Waals surface area contributed by atoms with Crippen molar-refractivity contribution in [3.63, 3.8) is 0 Å². The topological polar surface area (TPSA) is 88.5 Å². The predicted octanol–water partition coefficient (Wildman–Crippen LogP) is 6.47. The van der Waals surface area contributed by atoms with Gasteiger partial charge in [-0.2, -0.15) is 0 Å². The monoisotopic (exact) mass is 474 g/mol. The van der Waals surface area contributed by atoms with Crippen molar-refractivity contribution >= 4 is 34.2 Å². The van der Waals surface area contributed by atoms with Crippen LogP contribution in [0.25, 0.3) is 21.2 Å². The third-order valence-corrected chi connectivity index (χ3v) is 6.34. The van der Waals surface area contributed by atoms with E-state index >= 15 is 0 Å². The summed E-state index contributed by atoms with van der Waals surface area (Å²) in [6.45, 7) is 5.39. The Balaban J connectivity index is 1.72. The van der Waals surface area contributed by atoms with Gasteiger partial charge in [0.1, 0.15) is 10.6 Å².